The van der Waals surface area contributed by atoms with Gasteiger partial charge < -0.3 is 11.5 Å². The molecule has 0 radical (unpaired) electrons. The first-order valence-corrected chi connectivity index (χ1v) is 31.5. The maximum absolute atomic E-state index is 7.70. The normalized spacial score (nSPS) is 14.8. The van der Waals surface area contributed by atoms with Crippen LogP contribution in [0.15, 0.2) is 138 Å². The van der Waals surface area contributed by atoms with Crippen LogP contribution in [0.5, 0.6) is 0 Å². The summed E-state index contributed by atoms with van der Waals surface area (Å²) in [7, 11) is 0. The average Bonchev–Trinajstić information content (AvgIpc) is 3.99. The highest BCUT2D eigenvalue weighted by Gasteiger charge is 2.43. The van der Waals surface area contributed by atoms with Crippen molar-refractivity contribution in [3.8, 4) is 11.1 Å². The molecule has 1 aliphatic carbocycles. The van der Waals surface area contributed by atoms with Gasteiger partial charge in [-0.3, -0.25) is 0 Å². The highest BCUT2D eigenvalue weighted by molar-refractivity contribution is 5.95. The Kier molecular flexibility index (Phi) is 23.6. The van der Waals surface area contributed by atoms with E-state index in [-0.39, 0.29) is 16.2 Å². The van der Waals surface area contributed by atoms with E-state index in [1.54, 1.807) is 5.56 Å². The molecule has 0 fully saturated rings. The standard InChI is InChI=1S/C77H106N2/c1-14-19-21-23-25-33-47-77(48-34-26-24-22-20-15-2)71-51-60(41-43-66(71)67-44-42-64(55-72(67)77)76(11,12)13)49-59(35-16-3)52-73(78)68-46-45-65(69(56(6)18-5)53-62(36-17-4)57(7)75(8,9)10)70(74(68)79)54-63(61-39-31-28-32-40-61)50-58-37-29-27-30-38-58/h27-32,37-46,49,51-56H,14-26,33-36,47-48,50,78-79H2,1-13H3/b59-49+,62-57+,63-54+,69-53+,73-52-. The number of unbranched alkanes of at least 4 members (excludes halogenated alkanes) is 10. The van der Waals surface area contributed by atoms with Gasteiger partial charge in [-0.05, 0) is 147 Å². The van der Waals surface area contributed by atoms with Crippen LogP contribution in [-0.4, -0.2) is 0 Å². The summed E-state index contributed by atoms with van der Waals surface area (Å²) in [6.07, 6.45) is 33.5. The van der Waals surface area contributed by atoms with Crippen LogP contribution < -0.4 is 11.5 Å². The van der Waals surface area contributed by atoms with Crippen LogP contribution in [0.4, 0.5) is 5.69 Å². The van der Waals surface area contributed by atoms with Gasteiger partial charge in [-0.1, -0.05) is 300 Å². The first-order valence-electron chi connectivity index (χ1n) is 31.5. The van der Waals surface area contributed by atoms with Crippen molar-refractivity contribution in [1.82, 2.24) is 0 Å². The maximum Gasteiger partial charge on any atom is 0.0488 e. The molecule has 1 unspecified atom stereocenters. The molecule has 5 aromatic rings. The number of nitrogen functional groups attached to an aromatic ring is 1. The minimum Gasteiger partial charge on any atom is -0.398 e. The first kappa shape index (κ1) is 62.6. The Hall–Kier alpha value is -5.60. The lowest BCUT2D eigenvalue weighted by molar-refractivity contribution is 0.397. The Labute approximate surface area is 483 Å². The molecule has 0 amide bonds. The van der Waals surface area contributed by atoms with Crippen molar-refractivity contribution < 1.29 is 0 Å². The molecule has 1 aliphatic rings. The van der Waals surface area contributed by atoms with E-state index >= 15 is 0 Å². The topological polar surface area (TPSA) is 52.0 Å². The van der Waals surface area contributed by atoms with Gasteiger partial charge >= 0.3 is 0 Å². The molecule has 0 heterocycles. The van der Waals surface area contributed by atoms with Crippen molar-refractivity contribution in [1.29, 1.82) is 0 Å². The van der Waals surface area contributed by atoms with E-state index in [4.69, 9.17) is 11.5 Å². The molecule has 424 valence electrons. The molecular formula is C77H106N2. The molecule has 2 heteroatoms. The molecule has 6 rings (SSSR count). The Morgan fingerprint density at radius 1 is 0.582 bits per heavy atom. The van der Waals surface area contributed by atoms with E-state index in [1.807, 2.05) is 0 Å². The maximum atomic E-state index is 7.70. The highest BCUT2D eigenvalue weighted by atomic mass is 14.6. The van der Waals surface area contributed by atoms with Crippen molar-refractivity contribution in [2.45, 2.75) is 229 Å². The van der Waals surface area contributed by atoms with Gasteiger partial charge in [0, 0.05) is 27.9 Å². The van der Waals surface area contributed by atoms with Gasteiger partial charge in [-0.2, -0.15) is 0 Å². The number of rotatable bonds is 29. The van der Waals surface area contributed by atoms with E-state index in [0.717, 1.165) is 55.3 Å². The van der Waals surface area contributed by atoms with Gasteiger partial charge in [-0.25, -0.2) is 0 Å². The van der Waals surface area contributed by atoms with Gasteiger partial charge in [-0.15, -0.1) is 0 Å². The van der Waals surface area contributed by atoms with Crippen LogP contribution in [0, 0.1) is 11.3 Å². The van der Waals surface area contributed by atoms with E-state index in [2.05, 4.69) is 224 Å². The van der Waals surface area contributed by atoms with E-state index < -0.39 is 0 Å². The van der Waals surface area contributed by atoms with Crippen LogP contribution in [0.25, 0.3) is 40.1 Å². The lowest BCUT2D eigenvalue weighted by Gasteiger charge is -2.34. The zero-order valence-corrected chi connectivity index (χ0v) is 52.1. The predicted molar refractivity (Wildman–Crippen MR) is 352 cm³/mol. The number of anilines is 1. The third-order valence-corrected chi connectivity index (χ3v) is 17.6. The van der Waals surface area contributed by atoms with Crippen LogP contribution in [0.1, 0.15) is 262 Å². The predicted octanol–water partition coefficient (Wildman–Crippen LogP) is 22.9. The quantitative estimate of drug-likeness (QED) is 0.0217. The third kappa shape index (κ3) is 16.5. The molecular weight excluding hydrogens is 953 g/mol. The second-order valence-corrected chi connectivity index (χ2v) is 25.7. The molecule has 0 aromatic heterocycles. The lowest BCUT2D eigenvalue weighted by Crippen LogP contribution is -2.26. The molecule has 5 aromatic carbocycles. The molecule has 0 spiro atoms. The number of hydrogen-bond donors (Lipinski definition) is 2. The Morgan fingerprint density at radius 2 is 1.14 bits per heavy atom. The number of benzene rings is 5. The molecule has 79 heavy (non-hydrogen) atoms. The molecule has 0 bridgehead atoms. The number of nitrogens with two attached hydrogens (primary N) is 2. The number of fused-ring (bicyclic) bond motifs is 3. The molecule has 1 atom stereocenters. The van der Waals surface area contributed by atoms with Crippen molar-refractivity contribution in [3.05, 3.63) is 188 Å². The minimum atomic E-state index is -0.00852. The summed E-state index contributed by atoms with van der Waals surface area (Å²) in [4.78, 5) is 0. The largest absolute Gasteiger partial charge is 0.398 e. The number of hydrogen-bond acceptors (Lipinski definition) is 2. The van der Waals surface area contributed by atoms with Crippen molar-refractivity contribution in [2.24, 2.45) is 17.1 Å². The summed E-state index contributed by atoms with van der Waals surface area (Å²) in [5.74, 6) is 0.300. The van der Waals surface area contributed by atoms with Crippen LogP contribution in [0.3, 0.4) is 0 Å². The molecule has 2 nitrogen and oxygen atoms in total. The fourth-order valence-electron chi connectivity index (χ4n) is 12.3. The van der Waals surface area contributed by atoms with Gasteiger partial charge in [0.25, 0.3) is 0 Å². The zero-order valence-electron chi connectivity index (χ0n) is 52.1. The van der Waals surface area contributed by atoms with E-state index in [0.29, 0.717) is 11.6 Å². The summed E-state index contributed by atoms with van der Waals surface area (Å²) in [5, 5.41) is 0. The van der Waals surface area contributed by atoms with Crippen LogP contribution in [-0.2, 0) is 17.3 Å². The van der Waals surface area contributed by atoms with Crippen LogP contribution in [0.2, 0.25) is 0 Å². The molecule has 0 saturated carbocycles. The average molecular weight is 1060 g/mol. The zero-order chi connectivity index (χ0) is 57.2. The van der Waals surface area contributed by atoms with Crippen molar-refractivity contribution in [2.75, 3.05) is 5.73 Å². The van der Waals surface area contributed by atoms with Gasteiger partial charge in [0.05, 0.1) is 0 Å². The molecule has 0 saturated heterocycles. The van der Waals surface area contributed by atoms with Crippen molar-refractivity contribution >= 4 is 34.7 Å². The summed E-state index contributed by atoms with van der Waals surface area (Å²) < 4.78 is 0. The number of allylic oxidation sites excluding steroid dienone is 7. The SMILES string of the molecule is CCCCCCCCC1(CCCCCCCC)c2cc(/C=C(/C=C(\N)c3ccc(/C(=C/C(CCC)=C(\C)C(C)(C)C)C(C)CC)c(/C=C(\Cc4ccccc4)c4ccccc4)c3N)CCC)ccc2-c2ccc(C(C)(C)C)cc21. The van der Waals surface area contributed by atoms with Gasteiger partial charge in [0.2, 0.25) is 0 Å². The summed E-state index contributed by atoms with van der Waals surface area (Å²) in [6.45, 7) is 30.4. The Bertz CT molecular complexity index is 2870. The fourth-order valence-corrected chi connectivity index (χ4v) is 12.3. The summed E-state index contributed by atoms with van der Waals surface area (Å²) in [6, 6.07) is 41.2. The first-order chi connectivity index (χ1) is 37.9. The fraction of sp³-hybridized carbons (Fsp3) is 0.481. The van der Waals surface area contributed by atoms with Crippen molar-refractivity contribution in [3.63, 3.8) is 0 Å². The summed E-state index contributed by atoms with van der Waals surface area (Å²) >= 11 is 0. The molecule has 0 aliphatic heterocycles. The van der Waals surface area contributed by atoms with Gasteiger partial charge in [0.15, 0.2) is 0 Å². The Morgan fingerprint density at radius 3 is 1.71 bits per heavy atom. The minimum absolute atomic E-state index is 0.00852. The van der Waals surface area contributed by atoms with E-state index in [9.17, 15) is 0 Å². The third-order valence-electron chi connectivity index (χ3n) is 17.6. The highest BCUT2D eigenvalue weighted by Crippen LogP contribution is 2.55. The second kappa shape index (κ2) is 29.7. The Balaban J connectivity index is 1.54. The monoisotopic (exact) mass is 1060 g/mol. The summed E-state index contributed by atoms with van der Waals surface area (Å²) in [5.41, 5.74) is 37.6. The van der Waals surface area contributed by atoms with Gasteiger partial charge in [0.1, 0.15) is 0 Å². The lowest BCUT2D eigenvalue weighted by atomic mass is 9.69. The second-order valence-electron chi connectivity index (χ2n) is 25.7. The van der Waals surface area contributed by atoms with Crippen LogP contribution >= 0.6 is 0 Å². The smallest absolute Gasteiger partial charge is 0.0488 e. The molecule has 4 N–H and O–H groups in total. The van der Waals surface area contributed by atoms with E-state index in [1.165, 1.54) is 162 Å².